The van der Waals surface area contributed by atoms with E-state index in [0.717, 1.165) is 23.4 Å². The standard InChI is InChI=1S/C13H14ClNS/c14-12-3-1-2-11(8-12)13(15)5-4-10-6-7-16-9-10/h1-3,6-9,13H,4-5,15H2. The summed E-state index contributed by atoms with van der Waals surface area (Å²) < 4.78 is 0. The van der Waals surface area contributed by atoms with E-state index in [2.05, 4.69) is 16.8 Å². The summed E-state index contributed by atoms with van der Waals surface area (Å²) in [6, 6.07) is 10.0. The van der Waals surface area contributed by atoms with Gasteiger partial charge in [0.1, 0.15) is 0 Å². The Hall–Kier alpha value is -0.830. The Morgan fingerprint density at radius 3 is 2.88 bits per heavy atom. The zero-order chi connectivity index (χ0) is 11.4. The molecule has 0 radical (unpaired) electrons. The summed E-state index contributed by atoms with van der Waals surface area (Å²) in [4.78, 5) is 0. The smallest absolute Gasteiger partial charge is 0.0409 e. The van der Waals surface area contributed by atoms with E-state index in [1.807, 2.05) is 24.3 Å². The third-order valence-electron chi connectivity index (χ3n) is 2.60. The van der Waals surface area contributed by atoms with Crippen LogP contribution in [0.25, 0.3) is 0 Å². The first-order chi connectivity index (χ1) is 7.75. The van der Waals surface area contributed by atoms with Crippen molar-refractivity contribution in [3.8, 4) is 0 Å². The molecule has 1 aromatic heterocycles. The molecule has 0 bridgehead atoms. The van der Waals surface area contributed by atoms with Gasteiger partial charge in [-0.1, -0.05) is 23.7 Å². The highest BCUT2D eigenvalue weighted by Gasteiger charge is 2.06. The van der Waals surface area contributed by atoms with Crippen molar-refractivity contribution in [1.82, 2.24) is 0 Å². The number of nitrogens with two attached hydrogens (primary N) is 1. The van der Waals surface area contributed by atoms with Gasteiger partial charge in [0.25, 0.3) is 0 Å². The molecule has 0 saturated carbocycles. The maximum Gasteiger partial charge on any atom is 0.0409 e. The molecule has 1 heterocycles. The van der Waals surface area contributed by atoms with Gasteiger partial charge in [-0.15, -0.1) is 0 Å². The molecule has 0 amide bonds. The van der Waals surface area contributed by atoms with Crippen LogP contribution in [0.1, 0.15) is 23.6 Å². The van der Waals surface area contributed by atoms with Gasteiger partial charge in [-0.25, -0.2) is 0 Å². The largest absolute Gasteiger partial charge is 0.324 e. The van der Waals surface area contributed by atoms with Gasteiger partial charge in [-0.2, -0.15) is 11.3 Å². The minimum absolute atomic E-state index is 0.0681. The Labute approximate surface area is 105 Å². The molecular formula is C13H14ClNS. The monoisotopic (exact) mass is 251 g/mol. The molecule has 0 aliphatic heterocycles. The molecule has 2 N–H and O–H groups in total. The highest BCUT2D eigenvalue weighted by Crippen LogP contribution is 2.20. The van der Waals surface area contributed by atoms with Gasteiger partial charge in [-0.3, -0.25) is 0 Å². The summed E-state index contributed by atoms with van der Waals surface area (Å²) in [6.07, 6.45) is 1.98. The zero-order valence-electron chi connectivity index (χ0n) is 8.90. The third kappa shape index (κ3) is 3.08. The van der Waals surface area contributed by atoms with Crippen LogP contribution >= 0.6 is 22.9 Å². The molecule has 84 valence electrons. The number of halogens is 1. The number of benzene rings is 1. The number of thiophene rings is 1. The lowest BCUT2D eigenvalue weighted by molar-refractivity contribution is 0.652. The van der Waals surface area contributed by atoms with Crippen molar-refractivity contribution in [2.24, 2.45) is 5.73 Å². The maximum atomic E-state index is 6.13. The van der Waals surface area contributed by atoms with Crippen LogP contribution in [-0.2, 0) is 6.42 Å². The average molecular weight is 252 g/mol. The van der Waals surface area contributed by atoms with Crippen LogP contribution in [0.2, 0.25) is 5.02 Å². The topological polar surface area (TPSA) is 26.0 Å². The molecule has 16 heavy (non-hydrogen) atoms. The van der Waals surface area contributed by atoms with E-state index in [-0.39, 0.29) is 6.04 Å². The third-order valence-corrected chi connectivity index (χ3v) is 3.57. The van der Waals surface area contributed by atoms with Crippen molar-refractivity contribution in [3.63, 3.8) is 0 Å². The Morgan fingerprint density at radius 2 is 2.19 bits per heavy atom. The van der Waals surface area contributed by atoms with Crippen molar-refractivity contribution < 1.29 is 0 Å². The fourth-order valence-electron chi connectivity index (χ4n) is 1.66. The number of hydrogen-bond donors (Lipinski definition) is 1. The molecule has 1 aromatic carbocycles. The molecule has 2 aromatic rings. The predicted octanol–water partition coefficient (Wildman–Crippen LogP) is 4.03. The summed E-state index contributed by atoms with van der Waals surface area (Å²) in [5, 5.41) is 5.02. The van der Waals surface area contributed by atoms with Crippen molar-refractivity contribution >= 4 is 22.9 Å². The second-order valence-corrected chi connectivity index (χ2v) is 5.05. The van der Waals surface area contributed by atoms with Crippen LogP contribution in [0.15, 0.2) is 41.1 Å². The summed E-state index contributed by atoms with van der Waals surface area (Å²) in [5.74, 6) is 0. The highest BCUT2D eigenvalue weighted by atomic mass is 35.5. The maximum absolute atomic E-state index is 6.13. The lowest BCUT2D eigenvalue weighted by atomic mass is 10.0. The molecule has 1 unspecified atom stereocenters. The minimum Gasteiger partial charge on any atom is -0.324 e. The molecular weight excluding hydrogens is 238 g/mol. The van der Waals surface area contributed by atoms with E-state index in [9.17, 15) is 0 Å². The SMILES string of the molecule is NC(CCc1ccsc1)c1cccc(Cl)c1. The number of hydrogen-bond acceptors (Lipinski definition) is 2. The van der Waals surface area contributed by atoms with E-state index in [1.54, 1.807) is 11.3 Å². The van der Waals surface area contributed by atoms with Crippen molar-refractivity contribution in [1.29, 1.82) is 0 Å². The van der Waals surface area contributed by atoms with E-state index >= 15 is 0 Å². The van der Waals surface area contributed by atoms with Gasteiger partial charge < -0.3 is 5.73 Å². The van der Waals surface area contributed by atoms with Crippen LogP contribution in [0, 0.1) is 0 Å². The normalized spacial score (nSPS) is 12.6. The Morgan fingerprint density at radius 1 is 1.31 bits per heavy atom. The second-order valence-electron chi connectivity index (χ2n) is 3.83. The molecule has 0 aliphatic carbocycles. The van der Waals surface area contributed by atoms with E-state index < -0.39 is 0 Å². The molecule has 0 fully saturated rings. The van der Waals surface area contributed by atoms with Crippen LogP contribution in [-0.4, -0.2) is 0 Å². The van der Waals surface area contributed by atoms with Gasteiger partial charge in [-0.05, 0) is 52.9 Å². The van der Waals surface area contributed by atoms with Crippen molar-refractivity contribution in [2.45, 2.75) is 18.9 Å². The first-order valence-corrected chi connectivity index (χ1v) is 6.60. The highest BCUT2D eigenvalue weighted by molar-refractivity contribution is 7.07. The van der Waals surface area contributed by atoms with Crippen molar-refractivity contribution in [3.05, 3.63) is 57.2 Å². The van der Waals surface area contributed by atoms with Gasteiger partial charge in [0.15, 0.2) is 0 Å². The fraction of sp³-hybridized carbons (Fsp3) is 0.231. The van der Waals surface area contributed by atoms with Gasteiger partial charge in [0.2, 0.25) is 0 Å². The predicted molar refractivity (Wildman–Crippen MR) is 71.0 cm³/mol. The van der Waals surface area contributed by atoms with E-state index in [4.69, 9.17) is 17.3 Å². The van der Waals surface area contributed by atoms with Gasteiger partial charge in [0.05, 0.1) is 0 Å². The van der Waals surface area contributed by atoms with E-state index in [1.165, 1.54) is 5.56 Å². The van der Waals surface area contributed by atoms with Crippen LogP contribution in [0.5, 0.6) is 0 Å². The fourth-order valence-corrected chi connectivity index (χ4v) is 2.56. The molecule has 1 nitrogen and oxygen atoms in total. The molecule has 0 saturated heterocycles. The summed E-state index contributed by atoms with van der Waals surface area (Å²) >= 11 is 7.66. The van der Waals surface area contributed by atoms with E-state index in [0.29, 0.717) is 0 Å². The minimum atomic E-state index is 0.0681. The lowest BCUT2D eigenvalue weighted by Gasteiger charge is -2.11. The molecule has 0 aliphatic rings. The lowest BCUT2D eigenvalue weighted by Crippen LogP contribution is -2.11. The quantitative estimate of drug-likeness (QED) is 0.872. The second kappa shape index (κ2) is 5.48. The summed E-state index contributed by atoms with van der Waals surface area (Å²) in [6.45, 7) is 0. The number of aryl methyl sites for hydroxylation is 1. The number of rotatable bonds is 4. The molecule has 3 heteroatoms. The van der Waals surface area contributed by atoms with Crippen LogP contribution in [0.3, 0.4) is 0 Å². The summed E-state index contributed by atoms with van der Waals surface area (Å²) in [7, 11) is 0. The summed E-state index contributed by atoms with van der Waals surface area (Å²) in [5.41, 5.74) is 8.60. The van der Waals surface area contributed by atoms with Crippen LogP contribution in [0.4, 0.5) is 0 Å². The Balaban J connectivity index is 1.95. The molecule has 0 spiro atoms. The Bertz CT molecular complexity index is 439. The average Bonchev–Trinajstić information content (AvgIpc) is 2.78. The first kappa shape index (κ1) is 11.6. The first-order valence-electron chi connectivity index (χ1n) is 5.28. The Kier molecular flexibility index (Phi) is 3.99. The van der Waals surface area contributed by atoms with Gasteiger partial charge >= 0.3 is 0 Å². The van der Waals surface area contributed by atoms with Crippen LogP contribution < -0.4 is 5.73 Å². The molecule has 2 rings (SSSR count). The zero-order valence-corrected chi connectivity index (χ0v) is 10.5. The molecule has 1 atom stereocenters. The van der Waals surface area contributed by atoms with Gasteiger partial charge in [0, 0.05) is 11.1 Å². The van der Waals surface area contributed by atoms with Crippen molar-refractivity contribution in [2.75, 3.05) is 0 Å².